The van der Waals surface area contributed by atoms with Crippen molar-refractivity contribution in [1.82, 2.24) is 25.4 Å². The van der Waals surface area contributed by atoms with Crippen LogP contribution in [-0.4, -0.2) is 33.8 Å². The number of halogens is 1. The second-order valence-electron chi connectivity index (χ2n) is 6.70. The number of aromatic nitrogens is 3. The Bertz CT molecular complexity index is 906. The average molecular weight is 431 g/mol. The van der Waals surface area contributed by atoms with Gasteiger partial charge in [0, 0.05) is 42.4 Å². The number of hydrogen-bond donors (Lipinski definition) is 2. The van der Waals surface area contributed by atoms with E-state index in [0.717, 1.165) is 54.8 Å². The van der Waals surface area contributed by atoms with E-state index in [-0.39, 0.29) is 6.04 Å². The number of rotatable bonds is 9. The Hall–Kier alpha value is -2.38. The molecule has 29 heavy (non-hydrogen) atoms. The molecular formula is C21H27ClN6S. The maximum absolute atomic E-state index is 6.15. The molecule has 0 amide bonds. The summed E-state index contributed by atoms with van der Waals surface area (Å²) in [4.78, 5) is 6.12. The Morgan fingerprint density at radius 2 is 2.21 bits per heavy atom. The monoisotopic (exact) mass is 430 g/mol. The largest absolute Gasteiger partial charge is 0.355 e. The van der Waals surface area contributed by atoms with Gasteiger partial charge in [0.2, 0.25) is 0 Å². The van der Waals surface area contributed by atoms with Crippen LogP contribution in [0, 0.1) is 0 Å². The van der Waals surface area contributed by atoms with Crippen molar-refractivity contribution in [2.45, 2.75) is 39.3 Å². The van der Waals surface area contributed by atoms with Crippen molar-refractivity contribution >= 4 is 28.9 Å². The number of thiophene rings is 1. The van der Waals surface area contributed by atoms with Crippen LogP contribution >= 0.6 is 22.9 Å². The summed E-state index contributed by atoms with van der Waals surface area (Å²) < 4.78 is 2.07. The molecule has 2 aromatic heterocycles. The lowest BCUT2D eigenvalue weighted by atomic mass is 10.1. The molecule has 1 unspecified atom stereocenters. The van der Waals surface area contributed by atoms with Crippen molar-refractivity contribution in [1.29, 1.82) is 0 Å². The van der Waals surface area contributed by atoms with Crippen LogP contribution in [0.2, 0.25) is 5.02 Å². The summed E-state index contributed by atoms with van der Waals surface area (Å²) >= 11 is 7.91. The van der Waals surface area contributed by atoms with Gasteiger partial charge in [0.25, 0.3) is 0 Å². The Labute approximate surface area is 181 Å². The Morgan fingerprint density at radius 1 is 1.31 bits per heavy atom. The van der Waals surface area contributed by atoms with Gasteiger partial charge in [0.05, 0.1) is 6.04 Å². The van der Waals surface area contributed by atoms with Gasteiger partial charge in [-0.25, -0.2) is 0 Å². The first-order valence-electron chi connectivity index (χ1n) is 9.85. The second-order valence-corrected chi connectivity index (χ2v) is 8.17. The van der Waals surface area contributed by atoms with E-state index >= 15 is 0 Å². The van der Waals surface area contributed by atoms with Crippen molar-refractivity contribution < 1.29 is 0 Å². The molecule has 2 heterocycles. The lowest BCUT2D eigenvalue weighted by Gasteiger charge is -2.19. The van der Waals surface area contributed by atoms with Gasteiger partial charge in [-0.1, -0.05) is 36.7 Å². The highest BCUT2D eigenvalue weighted by Crippen LogP contribution is 2.17. The molecule has 0 bridgehead atoms. The minimum Gasteiger partial charge on any atom is -0.355 e. The molecule has 0 spiro atoms. The zero-order valence-electron chi connectivity index (χ0n) is 16.8. The number of nitrogens with one attached hydrogen (secondary N) is 2. The molecule has 0 saturated carbocycles. The van der Waals surface area contributed by atoms with Crippen LogP contribution in [0.3, 0.4) is 0 Å². The molecule has 8 heteroatoms. The first-order valence-corrected chi connectivity index (χ1v) is 11.1. The van der Waals surface area contributed by atoms with Crippen LogP contribution in [0.5, 0.6) is 0 Å². The summed E-state index contributed by atoms with van der Waals surface area (Å²) in [5, 5.41) is 17.9. The van der Waals surface area contributed by atoms with E-state index in [4.69, 9.17) is 16.6 Å². The normalized spacial score (nSPS) is 12.7. The van der Waals surface area contributed by atoms with Crippen LogP contribution in [0.4, 0.5) is 0 Å². The molecule has 2 N–H and O–H groups in total. The van der Waals surface area contributed by atoms with Crippen molar-refractivity contribution in [3.8, 4) is 0 Å². The van der Waals surface area contributed by atoms with E-state index in [9.17, 15) is 0 Å². The molecule has 3 aromatic rings. The van der Waals surface area contributed by atoms with Gasteiger partial charge in [0.15, 0.2) is 5.96 Å². The molecule has 1 aromatic carbocycles. The zero-order valence-corrected chi connectivity index (χ0v) is 18.4. The summed E-state index contributed by atoms with van der Waals surface area (Å²) in [6.45, 7) is 6.44. The van der Waals surface area contributed by atoms with E-state index in [1.54, 1.807) is 17.7 Å². The molecule has 1 atom stereocenters. The second kappa shape index (κ2) is 11.0. The molecular weight excluding hydrogens is 404 g/mol. The van der Waals surface area contributed by atoms with Gasteiger partial charge in [-0.15, -0.1) is 21.5 Å². The molecule has 0 saturated heterocycles. The van der Waals surface area contributed by atoms with Gasteiger partial charge in [-0.3, -0.25) is 4.99 Å². The third-order valence-electron chi connectivity index (χ3n) is 4.57. The highest BCUT2D eigenvalue weighted by atomic mass is 35.5. The van der Waals surface area contributed by atoms with Gasteiger partial charge in [0.1, 0.15) is 12.2 Å². The van der Waals surface area contributed by atoms with Crippen LogP contribution in [0.1, 0.15) is 36.2 Å². The molecule has 3 rings (SSSR count). The maximum atomic E-state index is 6.15. The van der Waals surface area contributed by atoms with Gasteiger partial charge < -0.3 is 15.2 Å². The molecule has 0 aliphatic heterocycles. The predicted molar refractivity (Wildman–Crippen MR) is 121 cm³/mol. The number of aryl methyl sites for hydroxylation is 1. The summed E-state index contributed by atoms with van der Waals surface area (Å²) in [6.07, 6.45) is 3.57. The van der Waals surface area contributed by atoms with E-state index in [1.165, 1.54) is 4.88 Å². The lowest BCUT2D eigenvalue weighted by Crippen LogP contribution is -2.40. The molecule has 154 valence electrons. The Morgan fingerprint density at radius 3 is 2.97 bits per heavy atom. The number of hydrogen-bond acceptors (Lipinski definition) is 4. The number of aliphatic imine (C=N–C) groups is 1. The molecule has 0 fully saturated rings. The van der Waals surface area contributed by atoms with Crippen molar-refractivity contribution in [2.75, 3.05) is 13.1 Å². The fourth-order valence-corrected chi connectivity index (χ4v) is 3.88. The topological polar surface area (TPSA) is 67.1 Å². The van der Waals surface area contributed by atoms with Crippen LogP contribution in [0.25, 0.3) is 0 Å². The molecule has 0 aliphatic carbocycles. The van der Waals surface area contributed by atoms with Crippen LogP contribution in [-0.2, 0) is 19.4 Å². The van der Waals surface area contributed by atoms with Crippen LogP contribution in [0.15, 0.2) is 53.1 Å². The standard InChI is InChI=1S/C21H27ClN6S/c1-3-20-27-25-15-28(20)12-11-24-21(23-10-9-19-8-5-13-29-19)26-16(2)17-6-4-7-18(22)14-17/h4-8,13-16H,3,9-12H2,1-2H3,(H2,23,24,26). The third-order valence-corrected chi connectivity index (χ3v) is 5.74. The van der Waals surface area contributed by atoms with Gasteiger partial charge >= 0.3 is 0 Å². The third kappa shape index (κ3) is 6.58. The fraction of sp³-hybridized carbons (Fsp3) is 0.381. The van der Waals surface area contributed by atoms with E-state index in [0.29, 0.717) is 0 Å². The summed E-state index contributed by atoms with van der Waals surface area (Å²) in [5.41, 5.74) is 1.12. The number of benzene rings is 1. The summed E-state index contributed by atoms with van der Waals surface area (Å²) in [5.74, 6) is 1.78. The summed E-state index contributed by atoms with van der Waals surface area (Å²) in [6, 6.07) is 12.2. The lowest BCUT2D eigenvalue weighted by molar-refractivity contribution is 0.619. The van der Waals surface area contributed by atoms with Gasteiger partial charge in [-0.2, -0.15) is 0 Å². The zero-order chi connectivity index (χ0) is 20.5. The Balaban J connectivity index is 1.61. The van der Waals surface area contributed by atoms with Crippen molar-refractivity contribution in [2.24, 2.45) is 4.99 Å². The summed E-state index contributed by atoms with van der Waals surface area (Å²) in [7, 11) is 0. The van der Waals surface area contributed by atoms with Crippen molar-refractivity contribution in [3.63, 3.8) is 0 Å². The SMILES string of the molecule is CCc1nncn1CCNC(=NCCc1cccs1)NC(C)c1cccc(Cl)c1. The number of nitrogens with zero attached hydrogens (tertiary/aromatic N) is 4. The minimum atomic E-state index is 0.0859. The molecule has 0 radical (unpaired) electrons. The Kier molecular flexibility index (Phi) is 8.07. The minimum absolute atomic E-state index is 0.0859. The first kappa shape index (κ1) is 21.3. The quantitative estimate of drug-likeness (QED) is 0.396. The first-order chi connectivity index (χ1) is 14.2. The van der Waals surface area contributed by atoms with E-state index < -0.39 is 0 Å². The van der Waals surface area contributed by atoms with Crippen LogP contribution < -0.4 is 10.6 Å². The van der Waals surface area contributed by atoms with E-state index in [1.807, 2.05) is 18.2 Å². The molecule has 0 aliphatic rings. The average Bonchev–Trinajstić information content (AvgIpc) is 3.39. The van der Waals surface area contributed by atoms with E-state index in [2.05, 4.69) is 62.8 Å². The van der Waals surface area contributed by atoms with Gasteiger partial charge in [-0.05, 0) is 36.1 Å². The molecule has 6 nitrogen and oxygen atoms in total. The highest BCUT2D eigenvalue weighted by molar-refractivity contribution is 7.09. The van der Waals surface area contributed by atoms with Crippen molar-refractivity contribution in [3.05, 3.63) is 69.4 Å². The number of guanidine groups is 1. The highest BCUT2D eigenvalue weighted by Gasteiger charge is 2.09. The predicted octanol–water partition coefficient (Wildman–Crippen LogP) is 4.09. The maximum Gasteiger partial charge on any atom is 0.191 e. The smallest absolute Gasteiger partial charge is 0.191 e. The fourth-order valence-electron chi connectivity index (χ4n) is 2.98.